The van der Waals surface area contributed by atoms with Gasteiger partial charge < -0.3 is 5.11 Å². The molecule has 0 saturated carbocycles. The van der Waals surface area contributed by atoms with E-state index in [9.17, 15) is 14.7 Å². The predicted molar refractivity (Wildman–Crippen MR) is 113 cm³/mol. The van der Waals surface area contributed by atoms with E-state index in [-0.39, 0.29) is 11.3 Å². The molecule has 0 fully saturated rings. The Morgan fingerprint density at radius 3 is 2.37 bits per heavy atom. The van der Waals surface area contributed by atoms with E-state index in [1.807, 2.05) is 60.0 Å². The van der Waals surface area contributed by atoms with Gasteiger partial charge in [0.15, 0.2) is 0 Å². The lowest BCUT2D eigenvalue weighted by molar-refractivity contribution is -0.120. The molecule has 3 rings (SSSR count). The zero-order valence-electron chi connectivity index (χ0n) is 14.8. The first-order chi connectivity index (χ1) is 13.0. The zero-order valence-corrected chi connectivity index (χ0v) is 17.2. The number of ketones is 1. The maximum absolute atomic E-state index is 12.7. The zero-order chi connectivity index (χ0) is 19.4. The summed E-state index contributed by atoms with van der Waals surface area (Å²) in [6.07, 6.45) is 1.06. The quantitative estimate of drug-likeness (QED) is 0.474. The monoisotopic (exact) mass is 442 g/mol. The van der Waals surface area contributed by atoms with Crippen LogP contribution in [-0.4, -0.2) is 16.9 Å². The molecule has 0 amide bonds. The summed E-state index contributed by atoms with van der Waals surface area (Å²) >= 11 is 4.74. The lowest BCUT2D eigenvalue weighted by Crippen LogP contribution is -2.12. The molecule has 1 aromatic heterocycles. The average Bonchev–Trinajstić information content (AvgIpc) is 3.12. The summed E-state index contributed by atoms with van der Waals surface area (Å²) in [6.45, 7) is 1.80. The number of carboxylic acid groups (broad SMARTS) is 1. The Hall–Kier alpha value is -2.24. The summed E-state index contributed by atoms with van der Waals surface area (Å²) < 4.78 is 0.933. The lowest BCUT2D eigenvalue weighted by atomic mass is 9.93. The maximum atomic E-state index is 12.7. The van der Waals surface area contributed by atoms with Crippen LogP contribution in [0.5, 0.6) is 0 Å². The van der Waals surface area contributed by atoms with Gasteiger partial charge >= 0.3 is 5.97 Å². The second-order valence-corrected chi connectivity index (χ2v) is 8.20. The number of thiophene rings is 1. The largest absolute Gasteiger partial charge is 0.478 e. The number of halogens is 1. The Labute approximate surface area is 170 Å². The summed E-state index contributed by atoms with van der Waals surface area (Å²) in [5.74, 6) is -1.37. The van der Waals surface area contributed by atoms with Crippen LogP contribution in [0.1, 0.15) is 40.1 Å². The fourth-order valence-corrected chi connectivity index (χ4v) is 4.44. The molecule has 1 atom stereocenters. The minimum atomic E-state index is -0.994. The van der Waals surface area contributed by atoms with Crippen molar-refractivity contribution in [1.82, 2.24) is 0 Å². The molecule has 0 saturated heterocycles. The van der Waals surface area contributed by atoms with E-state index in [1.165, 1.54) is 11.3 Å². The first kappa shape index (κ1) is 19.5. The minimum absolute atomic E-state index is 0.0607. The molecule has 3 aromatic rings. The number of hydrogen-bond donors (Lipinski definition) is 1. The van der Waals surface area contributed by atoms with Gasteiger partial charge in [-0.05, 0) is 35.1 Å². The van der Waals surface area contributed by atoms with Crippen molar-refractivity contribution in [2.45, 2.75) is 25.7 Å². The Bertz CT molecular complexity index is 945. The van der Waals surface area contributed by atoms with Crippen molar-refractivity contribution in [1.29, 1.82) is 0 Å². The number of aryl methyl sites for hydroxylation is 1. The van der Waals surface area contributed by atoms with Crippen LogP contribution >= 0.6 is 27.3 Å². The molecular weight excluding hydrogens is 424 g/mol. The molecule has 0 radical (unpaired) electrons. The van der Waals surface area contributed by atoms with Crippen LogP contribution < -0.4 is 0 Å². The van der Waals surface area contributed by atoms with Crippen molar-refractivity contribution in [2.24, 2.45) is 0 Å². The number of benzene rings is 2. The summed E-state index contributed by atoms with van der Waals surface area (Å²) in [7, 11) is 0. The fraction of sp³-hybridized carbons (Fsp3) is 0.182. The highest BCUT2D eigenvalue weighted by Crippen LogP contribution is 2.37. The first-order valence-electron chi connectivity index (χ1n) is 8.64. The predicted octanol–water partition coefficient (Wildman–Crippen LogP) is 6.18. The van der Waals surface area contributed by atoms with Gasteiger partial charge in [0.25, 0.3) is 0 Å². The summed E-state index contributed by atoms with van der Waals surface area (Å²) in [5, 5.41) is 11.6. The number of carbonyl (C=O) groups excluding carboxylic acids is 1. The number of carbonyl (C=O) groups is 2. The summed E-state index contributed by atoms with van der Waals surface area (Å²) in [6, 6.07) is 17.4. The van der Waals surface area contributed by atoms with Gasteiger partial charge in [-0.25, -0.2) is 4.79 Å². The highest BCUT2D eigenvalue weighted by atomic mass is 79.9. The molecule has 0 spiro atoms. The minimum Gasteiger partial charge on any atom is -0.478 e. The molecule has 0 aliphatic rings. The van der Waals surface area contributed by atoms with Crippen LogP contribution in [-0.2, 0) is 11.2 Å². The summed E-state index contributed by atoms with van der Waals surface area (Å²) in [4.78, 5) is 25.2. The molecule has 27 heavy (non-hydrogen) atoms. The van der Waals surface area contributed by atoms with E-state index in [4.69, 9.17) is 0 Å². The van der Waals surface area contributed by atoms with Crippen molar-refractivity contribution >= 4 is 39.0 Å². The fourth-order valence-electron chi connectivity index (χ4n) is 3.03. The van der Waals surface area contributed by atoms with Gasteiger partial charge in [0.2, 0.25) is 0 Å². The lowest BCUT2D eigenvalue weighted by Gasteiger charge is -2.11. The van der Waals surface area contributed by atoms with Crippen LogP contribution in [0, 0.1) is 0 Å². The molecule has 1 unspecified atom stereocenters. The van der Waals surface area contributed by atoms with Crippen molar-refractivity contribution in [3.05, 3.63) is 80.5 Å². The molecular formula is C22H19BrO3S. The standard InChI is InChI=1S/C22H19BrO3S/c1-14(19(24)12-7-15-5-3-2-4-6-15)21-20(22(25)26)18(13-27-21)16-8-10-17(23)11-9-16/h2-6,8-11,13-14H,7,12H2,1H3,(H,25,26). The number of Topliss-reactive ketones (excluding diaryl/α,β-unsaturated/α-hetero) is 1. The Morgan fingerprint density at radius 1 is 1.07 bits per heavy atom. The van der Waals surface area contributed by atoms with E-state index in [2.05, 4.69) is 15.9 Å². The van der Waals surface area contributed by atoms with Gasteiger partial charge in [-0.3, -0.25) is 4.79 Å². The Balaban J connectivity index is 1.84. The Kier molecular flexibility index (Phi) is 6.24. The molecule has 2 aromatic carbocycles. The Morgan fingerprint density at radius 2 is 1.74 bits per heavy atom. The number of carboxylic acids is 1. The molecule has 138 valence electrons. The third-order valence-corrected chi connectivity index (χ3v) is 6.26. The molecule has 5 heteroatoms. The van der Waals surface area contributed by atoms with Gasteiger partial charge in [-0.2, -0.15) is 0 Å². The molecule has 0 aliphatic carbocycles. The van der Waals surface area contributed by atoms with E-state index in [0.29, 0.717) is 23.3 Å². The van der Waals surface area contributed by atoms with E-state index in [0.717, 1.165) is 15.6 Å². The SMILES string of the molecule is CC(C(=O)CCc1ccccc1)c1scc(-c2ccc(Br)cc2)c1C(=O)O. The first-order valence-corrected chi connectivity index (χ1v) is 10.3. The van der Waals surface area contributed by atoms with E-state index < -0.39 is 11.9 Å². The highest BCUT2D eigenvalue weighted by Gasteiger charge is 2.26. The smallest absolute Gasteiger partial charge is 0.337 e. The second kappa shape index (κ2) is 8.63. The van der Waals surface area contributed by atoms with Crippen LogP contribution in [0.3, 0.4) is 0 Å². The van der Waals surface area contributed by atoms with Gasteiger partial charge in [-0.1, -0.05) is 65.3 Å². The van der Waals surface area contributed by atoms with E-state index >= 15 is 0 Å². The molecule has 0 bridgehead atoms. The number of aromatic carboxylic acids is 1. The van der Waals surface area contributed by atoms with E-state index in [1.54, 1.807) is 6.92 Å². The summed E-state index contributed by atoms with van der Waals surface area (Å²) in [5.41, 5.74) is 2.85. The van der Waals surface area contributed by atoms with Crippen LogP contribution in [0.4, 0.5) is 0 Å². The van der Waals surface area contributed by atoms with Gasteiger partial charge in [0.1, 0.15) is 5.78 Å². The highest BCUT2D eigenvalue weighted by molar-refractivity contribution is 9.10. The van der Waals surface area contributed by atoms with Crippen LogP contribution in [0.25, 0.3) is 11.1 Å². The van der Waals surface area contributed by atoms with Crippen LogP contribution in [0.2, 0.25) is 0 Å². The number of hydrogen-bond acceptors (Lipinski definition) is 3. The third-order valence-electron chi connectivity index (χ3n) is 4.57. The van der Waals surface area contributed by atoms with Crippen molar-refractivity contribution in [3.8, 4) is 11.1 Å². The normalized spacial score (nSPS) is 11.9. The van der Waals surface area contributed by atoms with Crippen molar-refractivity contribution in [3.63, 3.8) is 0 Å². The molecule has 1 heterocycles. The number of rotatable bonds is 7. The second-order valence-electron chi connectivity index (χ2n) is 6.37. The molecule has 3 nitrogen and oxygen atoms in total. The van der Waals surface area contributed by atoms with Crippen LogP contribution in [0.15, 0.2) is 64.5 Å². The van der Waals surface area contributed by atoms with Gasteiger partial charge in [0.05, 0.1) is 11.5 Å². The van der Waals surface area contributed by atoms with Crippen molar-refractivity contribution in [2.75, 3.05) is 0 Å². The third kappa shape index (κ3) is 4.54. The molecule has 1 N–H and O–H groups in total. The average molecular weight is 443 g/mol. The maximum Gasteiger partial charge on any atom is 0.337 e. The van der Waals surface area contributed by atoms with Gasteiger partial charge in [0, 0.05) is 21.3 Å². The molecule has 0 aliphatic heterocycles. The topological polar surface area (TPSA) is 54.4 Å². The van der Waals surface area contributed by atoms with Crippen molar-refractivity contribution < 1.29 is 14.7 Å². The van der Waals surface area contributed by atoms with Gasteiger partial charge in [-0.15, -0.1) is 11.3 Å².